The van der Waals surface area contributed by atoms with Crippen LogP contribution in [0.1, 0.15) is 128 Å². The molecule has 0 radical (unpaired) electrons. The van der Waals surface area contributed by atoms with Crippen LogP contribution in [0.3, 0.4) is 0 Å². The average Bonchev–Trinajstić information content (AvgIpc) is 2.75. The zero-order valence-electron chi connectivity index (χ0n) is 22.6. The SMILES string of the molecule is CCC(C)CCC[C@@H](C)CCC[C@@H](C)CCC[C@]1(C)CCc2c(C)c(O)c(C)c(C)c2O1. The van der Waals surface area contributed by atoms with Gasteiger partial charge in [-0.15, -0.1) is 0 Å². The summed E-state index contributed by atoms with van der Waals surface area (Å²) < 4.78 is 6.61. The number of benzene rings is 1. The minimum absolute atomic E-state index is 0.0720. The lowest BCUT2D eigenvalue weighted by atomic mass is 9.84. The largest absolute Gasteiger partial charge is 0.507 e. The molecule has 1 aromatic carbocycles. The van der Waals surface area contributed by atoms with Gasteiger partial charge in [0.05, 0.1) is 0 Å². The number of aromatic hydroxyl groups is 1. The van der Waals surface area contributed by atoms with Crippen LogP contribution in [-0.2, 0) is 6.42 Å². The predicted molar refractivity (Wildman–Crippen MR) is 139 cm³/mol. The standard InChI is InChI=1S/C30H52O2/c1-9-21(2)13-10-14-22(3)15-11-16-23(4)17-12-19-30(8)20-18-27-26(7)28(31)24(5)25(6)29(27)32-30/h21-23,31H,9-20H2,1-8H3/t21?,22-,23-,30-/m1/s1. The van der Waals surface area contributed by atoms with Crippen molar-refractivity contribution in [2.45, 2.75) is 138 Å². The Morgan fingerprint density at radius 1 is 0.812 bits per heavy atom. The summed E-state index contributed by atoms with van der Waals surface area (Å²) in [4.78, 5) is 0. The molecule has 32 heavy (non-hydrogen) atoms. The van der Waals surface area contributed by atoms with Crippen molar-refractivity contribution in [2.24, 2.45) is 17.8 Å². The van der Waals surface area contributed by atoms with Gasteiger partial charge >= 0.3 is 0 Å². The number of phenolic OH excluding ortho intramolecular Hbond substituents is 1. The van der Waals surface area contributed by atoms with E-state index in [1.54, 1.807) is 0 Å². The molecule has 1 aliphatic rings. The average molecular weight is 445 g/mol. The van der Waals surface area contributed by atoms with Crippen LogP contribution in [0.4, 0.5) is 0 Å². The van der Waals surface area contributed by atoms with Crippen molar-refractivity contribution >= 4 is 0 Å². The summed E-state index contributed by atoms with van der Waals surface area (Å²) in [6, 6.07) is 0. The maximum atomic E-state index is 10.4. The summed E-state index contributed by atoms with van der Waals surface area (Å²) in [6.07, 6.45) is 15.4. The summed E-state index contributed by atoms with van der Waals surface area (Å²) >= 11 is 0. The van der Waals surface area contributed by atoms with Crippen LogP contribution in [0.15, 0.2) is 0 Å². The molecule has 1 aromatic rings. The first-order valence-electron chi connectivity index (χ1n) is 13.6. The van der Waals surface area contributed by atoms with Crippen molar-refractivity contribution in [1.82, 2.24) is 0 Å². The van der Waals surface area contributed by atoms with Gasteiger partial charge in [0.2, 0.25) is 0 Å². The van der Waals surface area contributed by atoms with Gasteiger partial charge in [0.15, 0.2) is 0 Å². The third-order valence-electron chi connectivity index (χ3n) is 8.48. The molecule has 2 heteroatoms. The zero-order valence-corrected chi connectivity index (χ0v) is 22.6. The van der Waals surface area contributed by atoms with E-state index in [1.165, 1.54) is 63.4 Å². The van der Waals surface area contributed by atoms with Crippen molar-refractivity contribution in [1.29, 1.82) is 0 Å². The molecule has 0 saturated heterocycles. The lowest BCUT2D eigenvalue weighted by molar-refractivity contribution is 0.0512. The molecule has 1 aliphatic heterocycles. The monoisotopic (exact) mass is 444 g/mol. The molecule has 2 nitrogen and oxygen atoms in total. The van der Waals surface area contributed by atoms with Crippen LogP contribution in [0.5, 0.6) is 11.5 Å². The topological polar surface area (TPSA) is 29.5 Å². The van der Waals surface area contributed by atoms with Gasteiger partial charge in [0.1, 0.15) is 17.1 Å². The van der Waals surface area contributed by atoms with Crippen LogP contribution in [0.25, 0.3) is 0 Å². The maximum absolute atomic E-state index is 10.4. The fourth-order valence-corrected chi connectivity index (χ4v) is 5.42. The highest BCUT2D eigenvalue weighted by Gasteiger charge is 2.34. The van der Waals surface area contributed by atoms with Crippen LogP contribution in [0, 0.1) is 38.5 Å². The van der Waals surface area contributed by atoms with Gasteiger partial charge in [-0.1, -0.05) is 79.1 Å². The lowest BCUT2D eigenvalue weighted by Crippen LogP contribution is -2.37. The van der Waals surface area contributed by atoms with Crippen LogP contribution in [0.2, 0.25) is 0 Å². The molecular formula is C30H52O2. The second-order valence-corrected chi connectivity index (χ2v) is 11.6. The number of hydrogen-bond donors (Lipinski definition) is 1. The molecule has 0 saturated carbocycles. The van der Waals surface area contributed by atoms with E-state index in [4.69, 9.17) is 4.74 Å². The van der Waals surface area contributed by atoms with E-state index in [2.05, 4.69) is 41.5 Å². The van der Waals surface area contributed by atoms with E-state index >= 15 is 0 Å². The first-order chi connectivity index (χ1) is 15.1. The number of phenols is 1. The number of hydrogen-bond acceptors (Lipinski definition) is 2. The van der Waals surface area contributed by atoms with E-state index in [0.717, 1.165) is 59.5 Å². The predicted octanol–water partition coefficient (Wildman–Crippen LogP) is 9.23. The Morgan fingerprint density at radius 2 is 1.34 bits per heavy atom. The maximum Gasteiger partial charge on any atom is 0.127 e. The van der Waals surface area contributed by atoms with Crippen molar-refractivity contribution in [2.75, 3.05) is 0 Å². The van der Waals surface area contributed by atoms with Gasteiger partial charge in [-0.2, -0.15) is 0 Å². The molecule has 1 heterocycles. The molecule has 0 amide bonds. The van der Waals surface area contributed by atoms with E-state index in [-0.39, 0.29) is 5.60 Å². The Hall–Kier alpha value is -1.18. The summed E-state index contributed by atoms with van der Waals surface area (Å²) in [6.45, 7) is 18.0. The molecule has 1 N–H and O–H groups in total. The molecule has 0 bridgehead atoms. The molecule has 0 aromatic heterocycles. The second kappa shape index (κ2) is 12.3. The molecule has 0 spiro atoms. The highest BCUT2D eigenvalue weighted by atomic mass is 16.5. The first-order valence-corrected chi connectivity index (χ1v) is 13.6. The second-order valence-electron chi connectivity index (χ2n) is 11.6. The van der Waals surface area contributed by atoms with Gasteiger partial charge in [-0.25, -0.2) is 0 Å². The van der Waals surface area contributed by atoms with Gasteiger partial charge in [0.25, 0.3) is 0 Å². The Labute approximate surface area is 199 Å². The van der Waals surface area contributed by atoms with Crippen molar-refractivity contribution < 1.29 is 9.84 Å². The summed E-state index contributed by atoms with van der Waals surface area (Å²) in [5.74, 6) is 4.09. The van der Waals surface area contributed by atoms with Gasteiger partial charge < -0.3 is 9.84 Å². The van der Waals surface area contributed by atoms with E-state index < -0.39 is 0 Å². The molecular weight excluding hydrogens is 392 g/mol. The van der Waals surface area contributed by atoms with Crippen molar-refractivity contribution in [3.63, 3.8) is 0 Å². The Kier molecular flexibility index (Phi) is 10.4. The molecule has 0 fully saturated rings. The smallest absolute Gasteiger partial charge is 0.127 e. The van der Waals surface area contributed by atoms with Crippen LogP contribution in [-0.4, -0.2) is 10.7 Å². The fourth-order valence-electron chi connectivity index (χ4n) is 5.42. The van der Waals surface area contributed by atoms with Crippen molar-refractivity contribution in [3.05, 3.63) is 22.3 Å². The first kappa shape index (κ1) is 27.1. The van der Waals surface area contributed by atoms with Crippen LogP contribution >= 0.6 is 0 Å². The normalized spacial score (nSPS) is 21.0. The molecule has 4 atom stereocenters. The van der Waals surface area contributed by atoms with Gasteiger partial charge in [-0.05, 0) is 87.8 Å². The van der Waals surface area contributed by atoms with E-state index in [1.807, 2.05) is 13.8 Å². The Morgan fingerprint density at radius 3 is 1.91 bits per heavy atom. The molecule has 184 valence electrons. The summed E-state index contributed by atoms with van der Waals surface area (Å²) in [5, 5.41) is 10.4. The molecule has 0 aliphatic carbocycles. The van der Waals surface area contributed by atoms with E-state index in [0.29, 0.717) is 5.75 Å². The number of ether oxygens (including phenoxy) is 1. The van der Waals surface area contributed by atoms with Crippen LogP contribution < -0.4 is 4.74 Å². The van der Waals surface area contributed by atoms with Gasteiger partial charge in [-0.3, -0.25) is 0 Å². The Balaban J connectivity index is 1.71. The molecule has 2 rings (SSSR count). The minimum Gasteiger partial charge on any atom is -0.507 e. The number of rotatable bonds is 13. The highest BCUT2D eigenvalue weighted by molar-refractivity contribution is 5.58. The van der Waals surface area contributed by atoms with E-state index in [9.17, 15) is 5.11 Å². The Bertz CT molecular complexity index is 722. The molecule has 1 unspecified atom stereocenters. The zero-order chi connectivity index (χ0) is 23.9. The highest BCUT2D eigenvalue weighted by Crippen LogP contribution is 2.44. The van der Waals surface area contributed by atoms with Crippen molar-refractivity contribution in [3.8, 4) is 11.5 Å². The minimum atomic E-state index is -0.0720. The summed E-state index contributed by atoms with van der Waals surface area (Å²) in [5.41, 5.74) is 4.23. The third kappa shape index (κ3) is 7.42. The van der Waals surface area contributed by atoms with Gasteiger partial charge in [0, 0.05) is 5.56 Å². The number of fused-ring (bicyclic) bond motifs is 1. The quantitative estimate of drug-likeness (QED) is 0.328. The lowest BCUT2D eigenvalue weighted by Gasteiger charge is -2.38. The third-order valence-corrected chi connectivity index (χ3v) is 8.48. The fraction of sp³-hybridized carbons (Fsp3) is 0.800. The summed E-state index contributed by atoms with van der Waals surface area (Å²) in [7, 11) is 0.